The summed E-state index contributed by atoms with van der Waals surface area (Å²) in [6.07, 6.45) is 5.55. The van der Waals surface area contributed by atoms with Gasteiger partial charge in [-0.25, -0.2) is 4.79 Å². The molecule has 2 N–H and O–H groups in total. The topological polar surface area (TPSA) is 87.7 Å². The maximum Gasteiger partial charge on any atom is 0.408 e. The molecule has 0 aliphatic heterocycles. The number of thiol groups is 1. The Morgan fingerprint density at radius 1 is 1.18 bits per heavy atom. The summed E-state index contributed by atoms with van der Waals surface area (Å²) < 4.78 is 5.33. The number of terminal acetylenes is 1. The fourth-order valence-corrected chi connectivity index (χ4v) is 3.87. The molecule has 7 nitrogen and oxygen atoms in total. The average Bonchev–Trinajstić information content (AvgIpc) is 3.42. The summed E-state index contributed by atoms with van der Waals surface area (Å²) in [5, 5.41) is 5.63. The summed E-state index contributed by atoms with van der Waals surface area (Å²) in [4.78, 5) is 41.3. The molecule has 0 radical (unpaired) electrons. The lowest BCUT2D eigenvalue weighted by molar-refractivity contribution is -0.143. The van der Waals surface area contributed by atoms with E-state index in [-0.39, 0.29) is 29.5 Å². The zero-order valence-electron chi connectivity index (χ0n) is 21.1. The van der Waals surface area contributed by atoms with E-state index in [1.807, 2.05) is 27.7 Å². The zero-order chi connectivity index (χ0) is 25.8. The minimum absolute atomic E-state index is 0.0549. The Balaban J connectivity index is 2.46. The van der Waals surface area contributed by atoms with Gasteiger partial charge in [0.25, 0.3) is 0 Å². The average molecular weight is 488 g/mol. The molecule has 3 amide bonds. The Kier molecular flexibility index (Phi) is 8.70. The Morgan fingerprint density at radius 3 is 2.15 bits per heavy atom. The third-order valence-corrected chi connectivity index (χ3v) is 5.63. The first kappa shape index (κ1) is 27.6. The number of hydrogen-bond acceptors (Lipinski definition) is 5. The number of alkyl carbamates (subject to hydrolysis) is 1. The number of nitrogens with one attached hydrogen (secondary N) is 2. The third kappa shape index (κ3) is 7.69. The van der Waals surface area contributed by atoms with Crippen LogP contribution >= 0.6 is 12.6 Å². The first-order valence-corrected chi connectivity index (χ1v) is 12.1. The van der Waals surface area contributed by atoms with Crippen molar-refractivity contribution in [2.24, 2.45) is 5.92 Å². The van der Waals surface area contributed by atoms with E-state index in [1.54, 1.807) is 49.9 Å². The molecule has 0 spiro atoms. The highest BCUT2D eigenvalue weighted by atomic mass is 32.1. The minimum Gasteiger partial charge on any atom is -0.444 e. The van der Waals surface area contributed by atoms with Crippen LogP contribution in [0.3, 0.4) is 0 Å². The molecule has 186 valence electrons. The van der Waals surface area contributed by atoms with Crippen LogP contribution in [0.25, 0.3) is 0 Å². The number of rotatable bonds is 7. The van der Waals surface area contributed by atoms with Crippen LogP contribution in [0.2, 0.25) is 0 Å². The Morgan fingerprint density at radius 2 is 1.74 bits per heavy atom. The van der Waals surface area contributed by atoms with Crippen molar-refractivity contribution < 1.29 is 19.1 Å². The first-order valence-electron chi connectivity index (χ1n) is 11.5. The van der Waals surface area contributed by atoms with Crippen LogP contribution < -0.4 is 10.6 Å². The molecular weight excluding hydrogens is 450 g/mol. The van der Waals surface area contributed by atoms with Gasteiger partial charge in [-0.1, -0.05) is 25.0 Å². The van der Waals surface area contributed by atoms with E-state index in [4.69, 9.17) is 11.2 Å². The highest BCUT2D eigenvalue weighted by Gasteiger charge is 2.48. The summed E-state index contributed by atoms with van der Waals surface area (Å²) in [7, 11) is 0. The van der Waals surface area contributed by atoms with E-state index < -0.39 is 29.3 Å². The zero-order valence-corrected chi connectivity index (χ0v) is 22.0. The van der Waals surface area contributed by atoms with E-state index in [2.05, 4.69) is 29.2 Å². The standard InChI is InChI=1S/C26H37N3O4S/c1-9-17-10-12-18(13-11-17)21(22(30)28-25(3,4)5)29(20-14-16(20)2)23(31)19(15-34)27-24(32)33-26(6,7)8/h1,10-13,16,19-21,34H,14-15H2,2-8H3,(H,27,32)(H,28,30). The fourth-order valence-electron chi connectivity index (χ4n) is 3.63. The Bertz CT molecular complexity index is 941. The summed E-state index contributed by atoms with van der Waals surface area (Å²) in [5.41, 5.74) is 0.0994. The van der Waals surface area contributed by atoms with E-state index >= 15 is 0 Å². The van der Waals surface area contributed by atoms with Gasteiger partial charge in [0, 0.05) is 22.9 Å². The van der Waals surface area contributed by atoms with Gasteiger partial charge < -0.3 is 20.3 Å². The summed E-state index contributed by atoms with van der Waals surface area (Å²) in [5.74, 6) is 2.16. The van der Waals surface area contributed by atoms with Gasteiger partial charge >= 0.3 is 6.09 Å². The molecule has 34 heavy (non-hydrogen) atoms. The van der Waals surface area contributed by atoms with E-state index in [0.29, 0.717) is 11.1 Å². The SMILES string of the molecule is C#Cc1ccc(C(C(=O)NC(C)(C)C)N(C(=O)C(CS)NC(=O)OC(C)(C)C)C2CC2C)cc1. The van der Waals surface area contributed by atoms with Crippen LogP contribution in [0.5, 0.6) is 0 Å². The van der Waals surface area contributed by atoms with Crippen LogP contribution in [0.15, 0.2) is 24.3 Å². The lowest BCUT2D eigenvalue weighted by Crippen LogP contribution is -2.56. The van der Waals surface area contributed by atoms with E-state index in [9.17, 15) is 14.4 Å². The molecule has 0 saturated heterocycles. The number of carbonyl (C=O) groups is 3. The van der Waals surface area contributed by atoms with Gasteiger partial charge in [-0.3, -0.25) is 9.59 Å². The third-order valence-electron chi connectivity index (χ3n) is 5.27. The number of hydrogen-bond donors (Lipinski definition) is 3. The monoisotopic (exact) mass is 487 g/mol. The molecular formula is C26H37N3O4S. The minimum atomic E-state index is -0.957. The highest BCUT2D eigenvalue weighted by Crippen LogP contribution is 2.41. The van der Waals surface area contributed by atoms with Crippen molar-refractivity contribution in [3.8, 4) is 12.3 Å². The molecule has 8 heteroatoms. The quantitative estimate of drug-likeness (QED) is 0.404. The number of benzene rings is 1. The second kappa shape index (κ2) is 10.7. The Hall–Kier alpha value is -2.66. The Labute approximate surface area is 208 Å². The van der Waals surface area contributed by atoms with Gasteiger partial charge in [0.2, 0.25) is 11.8 Å². The van der Waals surface area contributed by atoms with Crippen LogP contribution in [-0.2, 0) is 14.3 Å². The van der Waals surface area contributed by atoms with Gasteiger partial charge in [-0.2, -0.15) is 12.6 Å². The molecule has 1 saturated carbocycles. The van der Waals surface area contributed by atoms with Crippen LogP contribution in [0.1, 0.15) is 72.1 Å². The van der Waals surface area contributed by atoms with Crippen molar-refractivity contribution in [1.82, 2.24) is 15.5 Å². The predicted octanol–water partition coefficient (Wildman–Crippen LogP) is 3.68. The largest absolute Gasteiger partial charge is 0.444 e. The molecule has 1 fully saturated rings. The number of ether oxygens (including phenoxy) is 1. The van der Waals surface area contributed by atoms with Crippen molar-refractivity contribution in [3.05, 3.63) is 35.4 Å². The second-order valence-electron chi connectivity index (χ2n) is 10.8. The van der Waals surface area contributed by atoms with Crippen LogP contribution in [0, 0.1) is 18.3 Å². The van der Waals surface area contributed by atoms with Crippen molar-refractivity contribution >= 4 is 30.5 Å². The molecule has 2 rings (SSSR count). The van der Waals surface area contributed by atoms with Gasteiger partial charge in [-0.05, 0) is 71.6 Å². The number of amides is 3. The molecule has 4 atom stereocenters. The maximum atomic E-state index is 13.8. The van der Waals surface area contributed by atoms with Gasteiger partial charge in [0.1, 0.15) is 17.7 Å². The summed E-state index contributed by atoms with van der Waals surface area (Å²) in [6.45, 7) is 12.9. The number of carbonyl (C=O) groups excluding carboxylic acids is 3. The smallest absolute Gasteiger partial charge is 0.408 e. The van der Waals surface area contributed by atoms with Crippen molar-refractivity contribution in [2.45, 2.75) is 84.2 Å². The highest BCUT2D eigenvalue weighted by molar-refractivity contribution is 7.80. The van der Waals surface area contributed by atoms with Crippen molar-refractivity contribution in [2.75, 3.05) is 5.75 Å². The van der Waals surface area contributed by atoms with Gasteiger partial charge in [0.15, 0.2) is 0 Å². The van der Waals surface area contributed by atoms with Crippen LogP contribution in [0.4, 0.5) is 4.79 Å². The molecule has 0 heterocycles. The first-order chi connectivity index (χ1) is 15.7. The summed E-state index contributed by atoms with van der Waals surface area (Å²) >= 11 is 4.31. The molecule has 4 unspecified atom stereocenters. The molecule has 0 aromatic heterocycles. The lowest BCUT2D eigenvalue weighted by atomic mass is 9.99. The second-order valence-corrected chi connectivity index (χ2v) is 11.2. The molecule has 0 bridgehead atoms. The van der Waals surface area contributed by atoms with Crippen molar-refractivity contribution in [1.29, 1.82) is 0 Å². The van der Waals surface area contributed by atoms with Crippen molar-refractivity contribution in [3.63, 3.8) is 0 Å². The molecule has 1 aromatic carbocycles. The van der Waals surface area contributed by atoms with Gasteiger partial charge in [-0.15, -0.1) is 6.42 Å². The van der Waals surface area contributed by atoms with E-state index in [0.717, 1.165) is 6.42 Å². The normalized spacial score (nSPS) is 19.3. The fraction of sp³-hybridized carbons (Fsp3) is 0.577. The number of nitrogens with zero attached hydrogens (tertiary/aromatic N) is 1. The van der Waals surface area contributed by atoms with Crippen LogP contribution in [-0.4, -0.2) is 51.8 Å². The maximum absolute atomic E-state index is 13.8. The molecule has 1 aromatic rings. The summed E-state index contributed by atoms with van der Waals surface area (Å²) in [6, 6.07) is 5.05. The molecule has 1 aliphatic carbocycles. The lowest BCUT2D eigenvalue weighted by Gasteiger charge is -2.36. The van der Waals surface area contributed by atoms with E-state index in [1.165, 1.54) is 0 Å². The predicted molar refractivity (Wildman–Crippen MR) is 136 cm³/mol. The van der Waals surface area contributed by atoms with Gasteiger partial charge in [0.05, 0.1) is 0 Å². The molecule has 1 aliphatic rings.